The fraction of sp³-hybridized carbons (Fsp3) is 0.0435. The van der Waals surface area contributed by atoms with Gasteiger partial charge < -0.3 is 10.6 Å². The molecule has 0 radical (unpaired) electrons. The minimum Gasteiger partial charge on any atom is -0.352 e. The van der Waals surface area contributed by atoms with Crippen LogP contribution in [0.1, 0.15) is 27.8 Å². The van der Waals surface area contributed by atoms with E-state index in [0.29, 0.717) is 16.9 Å². The van der Waals surface area contributed by atoms with Gasteiger partial charge in [-0.3, -0.25) is 14.6 Å². The molecular formula is C23H18N4O2. The van der Waals surface area contributed by atoms with Crippen molar-refractivity contribution < 1.29 is 9.59 Å². The molecule has 2 aromatic carbocycles. The predicted octanol–water partition coefficient (Wildman–Crippen LogP) is 4.83. The SMILES string of the molecule is CC(=O)c1ccc(NC(=O)c2ccc(Nc3cccc4cccnc34)cn2)cc1. The lowest BCUT2D eigenvalue weighted by molar-refractivity contribution is 0.101. The highest BCUT2D eigenvalue weighted by Crippen LogP contribution is 2.24. The first-order chi connectivity index (χ1) is 14.1. The van der Waals surface area contributed by atoms with Gasteiger partial charge in [0.25, 0.3) is 5.91 Å². The zero-order valence-electron chi connectivity index (χ0n) is 15.7. The van der Waals surface area contributed by atoms with Gasteiger partial charge in [-0.1, -0.05) is 18.2 Å². The van der Waals surface area contributed by atoms with E-state index in [1.54, 1.807) is 48.8 Å². The third-order valence-corrected chi connectivity index (χ3v) is 4.46. The van der Waals surface area contributed by atoms with E-state index >= 15 is 0 Å². The Kier molecular flexibility index (Phi) is 4.99. The third-order valence-electron chi connectivity index (χ3n) is 4.46. The minimum atomic E-state index is -0.320. The molecular weight excluding hydrogens is 364 g/mol. The van der Waals surface area contributed by atoms with Crippen molar-refractivity contribution in [2.24, 2.45) is 0 Å². The number of aromatic nitrogens is 2. The Labute approximate surface area is 167 Å². The number of rotatable bonds is 5. The van der Waals surface area contributed by atoms with Crippen molar-refractivity contribution in [3.63, 3.8) is 0 Å². The normalized spacial score (nSPS) is 10.5. The van der Waals surface area contributed by atoms with Gasteiger partial charge in [-0.05, 0) is 55.5 Å². The second-order valence-corrected chi connectivity index (χ2v) is 6.53. The number of nitrogens with one attached hydrogen (secondary N) is 2. The van der Waals surface area contributed by atoms with Crippen LogP contribution in [-0.4, -0.2) is 21.7 Å². The quantitative estimate of drug-likeness (QED) is 0.483. The molecule has 4 aromatic rings. The Morgan fingerprint density at radius 3 is 2.31 bits per heavy atom. The van der Waals surface area contributed by atoms with Gasteiger partial charge in [-0.15, -0.1) is 0 Å². The number of fused-ring (bicyclic) bond motifs is 1. The van der Waals surface area contributed by atoms with Gasteiger partial charge in [-0.25, -0.2) is 4.98 Å². The van der Waals surface area contributed by atoms with E-state index in [4.69, 9.17) is 0 Å². The van der Waals surface area contributed by atoms with Crippen LogP contribution in [0.25, 0.3) is 10.9 Å². The summed E-state index contributed by atoms with van der Waals surface area (Å²) in [4.78, 5) is 32.4. The Morgan fingerprint density at radius 1 is 0.828 bits per heavy atom. The van der Waals surface area contributed by atoms with Gasteiger partial charge in [0.2, 0.25) is 0 Å². The molecule has 142 valence electrons. The molecule has 2 aromatic heterocycles. The van der Waals surface area contributed by atoms with E-state index in [0.717, 1.165) is 22.3 Å². The molecule has 2 heterocycles. The Hall–Kier alpha value is -4.06. The molecule has 0 aliphatic heterocycles. The number of Topliss-reactive ketones (excluding diaryl/α,β-unsaturated/α-hetero) is 1. The van der Waals surface area contributed by atoms with Gasteiger partial charge in [0.15, 0.2) is 5.78 Å². The summed E-state index contributed by atoms with van der Waals surface area (Å²) in [6.07, 6.45) is 3.36. The molecule has 0 saturated carbocycles. The first-order valence-electron chi connectivity index (χ1n) is 9.09. The van der Waals surface area contributed by atoms with E-state index in [1.807, 2.05) is 30.3 Å². The average molecular weight is 382 g/mol. The summed E-state index contributed by atoms with van der Waals surface area (Å²) >= 11 is 0. The number of hydrogen-bond acceptors (Lipinski definition) is 5. The molecule has 4 rings (SSSR count). The number of hydrogen-bond donors (Lipinski definition) is 2. The number of para-hydroxylation sites is 1. The summed E-state index contributed by atoms with van der Waals surface area (Å²) in [5.41, 5.74) is 3.98. The second-order valence-electron chi connectivity index (χ2n) is 6.53. The second kappa shape index (κ2) is 7.90. The van der Waals surface area contributed by atoms with Crippen LogP contribution in [0.4, 0.5) is 17.1 Å². The maximum atomic E-state index is 12.4. The first kappa shape index (κ1) is 18.3. The van der Waals surface area contributed by atoms with E-state index in [1.165, 1.54) is 6.92 Å². The molecule has 0 aliphatic carbocycles. The number of nitrogens with zero attached hydrogens (tertiary/aromatic N) is 2. The number of pyridine rings is 2. The van der Waals surface area contributed by atoms with E-state index < -0.39 is 0 Å². The zero-order chi connectivity index (χ0) is 20.2. The van der Waals surface area contributed by atoms with Crippen LogP contribution in [0.5, 0.6) is 0 Å². The van der Waals surface area contributed by atoms with Crippen molar-refractivity contribution >= 4 is 39.7 Å². The van der Waals surface area contributed by atoms with Crippen LogP contribution in [0, 0.1) is 0 Å². The van der Waals surface area contributed by atoms with Crippen molar-refractivity contribution in [3.05, 3.63) is 90.4 Å². The predicted molar refractivity (Wildman–Crippen MR) is 114 cm³/mol. The molecule has 6 nitrogen and oxygen atoms in total. The number of amides is 1. The maximum absolute atomic E-state index is 12.4. The first-order valence-corrected chi connectivity index (χ1v) is 9.09. The van der Waals surface area contributed by atoms with Crippen LogP contribution in [0.3, 0.4) is 0 Å². The van der Waals surface area contributed by atoms with Crippen molar-refractivity contribution in [1.82, 2.24) is 9.97 Å². The number of carbonyl (C=O) groups excluding carboxylic acids is 2. The van der Waals surface area contributed by atoms with Crippen molar-refractivity contribution in [3.8, 4) is 0 Å². The molecule has 0 unspecified atom stereocenters. The van der Waals surface area contributed by atoms with Gasteiger partial charge in [0.05, 0.1) is 23.1 Å². The lowest BCUT2D eigenvalue weighted by atomic mass is 10.1. The number of anilines is 3. The molecule has 0 atom stereocenters. The zero-order valence-corrected chi connectivity index (χ0v) is 15.7. The highest BCUT2D eigenvalue weighted by molar-refractivity contribution is 6.03. The average Bonchev–Trinajstić information content (AvgIpc) is 2.75. The lowest BCUT2D eigenvalue weighted by Gasteiger charge is -2.10. The lowest BCUT2D eigenvalue weighted by Crippen LogP contribution is -2.13. The van der Waals surface area contributed by atoms with Crippen molar-refractivity contribution in [2.45, 2.75) is 6.92 Å². The minimum absolute atomic E-state index is 0.0194. The molecule has 6 heteroatoms. The molecule has 0 spiro atoms. The van der Waals surface area contributed by atoms with Crippen molar-refractivity contribution in [2.75, 3.05) is 10.6 Å². The third kappa shape index (κ3) is 4.11. The van der Waals surface area contributed by atoms with Gasteiger partial charge in [0, 0.05) is 22.8 Å². The largest absolute Gasteiger partial charge is 0.352 e. The highest BCUT2D eigenvalue weighted by Gasteiger charge is 2.09. The number of carbonyl (C=O) groups is 2. The summed E-state index contributed by atoms with van der Waals surface area (Å²) in [6, 6.07) is 20.0. The molecule has 2 N–H and O–H groups in total. The molecule has 0 bridgehead atoms. The van der Waals surface area contributed by atoms with Crippen LogP contribution >= 0.6 is 0 Å². The van der Waals surface area contributed by atoms with E-state index in [2.05, 4.69) is 20.6 Å². The van der Waals surface area contributed by atoms with Gasteiger partial charge in [-0.2, -0.15) is 0 Å². The van der Waals surface area contributed by atoms with Crippen LogP contribution in [0.2, 0.25) is 0 Å². The smallest absolute Gasteiger partial charge is 0.274 e. The Bertz CT molecular complexity index is 1180. The van der Waals surface area contributed by atoms with Gasteiger partial charge >= 0.3 is 0 Å². The number of benzene rings is 2. The Balaban J connectivity index is 1.47. The molecule has 29 heavy (non-hydrogen) atoms. The van der Waals surface area contributed by atoms with Crippen LogP contribution in [0.15, 0.2) is 79.1 Å². The van der Waals surface area contributed by atoms with E-state index in [9.17, 15) is 9.59 Å². The maximum Gasteiger partial charge on any atom is 0.274 e. The highest BCUT2D eigenvalue weighted by atomic mass is 16.2. The van der Waals surface area contributed by atoms with Crippen molar-refractivity contribution in [1.29, 1.82) is 0 Å². The summed E-state index contributed by atoms with van der Waals surface area (Å²) in [5.74, 6) is -0.340. The monoisotopic (exact) mass is 382 g/mol. The fourth-order valence-electron chi connectivity index (χ4n) is 2.95. The Morgan fingerprint density at radius 2 is 1.59 bits per heavy atom. The van der Waals surface area contributed by atoms with Crippen LogP contribution < -0.4 is 10.6 Å². The summed E-state index contributed by atoms with van der Waals surface area (Å²) < 4.78 is 0. The summed E-state index contributed by atoms with van der Waals surface area (Å²) in [6.45, 7) is 1.50. The summed E-state index contributed by atoms with van der Waals surface area (Å²) in [5, 5.41) is 7.10. The van der Waals surface area contributed by atoms with Gasteiger partial charge in [0.1, 0.15) is 5.69 Å². The molecule has 0 saturated heterocycles. The standard InChI is InChI=1S/C23H18N4O2/c1-15(28)16-7-9-18(10-8-16)27-23(29)21-12-11-19(14-25-21)26-20-6-2-4-17-5-3-13-24-22(17)20/h2-14,26H,1H3,(H,27,29). The molecule has 0 aliphatic rings. The fourth-order valence-corrected chi connectivity index (χ4v) is 2.95. The number of ketones is 1. The molecule has 1 amide bonds. The summed E-state index contributed by atoms with van der Waals surface area (Å²) in [7, 11) is 0. The van der Waals surface area contributed by atoms with Crippen LogP contribution in [-0.2, 0) is 0 Å². The molecule has 0 fully saturated rings. The van der Waals surface area contributed by atoms with E-state index in [-0.39, 0.29) is 11.7 Å². The topological polar surface area (TPSA) is 84.0 Å².